The molecule has 1 aromatic carbocycles. The predicted octanol–water partition coefficient (Wildman–Crippen LogP) is 3.43. The van der Waals surface area contributed by atoms with Gasteiger partial charge in [0.05, 0.1) is 12.6 Å². The normalized spacial score (nSPS) is 24.6. The van der Waals surface area contributed by atoms with Crippen molar-refractivity contribution in [1.82, 2.24) is 0 Å². The summed E-state index contributed by atoms with van der Waals surface area (Å²) in [7, 11) is 0. The van der Waals surface area contributed by atoms with Gasteiger partial charge in [-0.1, -0.05) is 19.1 Å². The van der Waals surface area contributed by atoms with E-state index in [9.17, 15) is 0 Å². The number of anilines is 1. The van der Waals surface area contributed by atoms with Gasteiger partial charge in [-0.3, -0.25) is 4.99 Å². The first-order valence-electron chi connectivity index (χ1n) is 8.44. The van der Waals surface area contributed by atoms with Gasteiger partial charge in [0.1, 0.15) is 0 Å². The molecule has 0 radical (unpaired) electrons. The van der Waals surface area contributed by atoms with Crippen LogP contribution in [0.3, 0.4) is 0 Å². The Morgan fingerprint density at radius 1 is 1.26 bits per heavy atom. The standard InChI is InChI=1S/C19H27N3O/c1-14-10-18(12-21-11-14)22(17-8-9-23-13-17)16-6-4-15(5-7-16)19(2,3)20/h4-7,11-12,14,17H,8-10,13,20H2,1-3H3. The Morgan fingerprint density at radius 2 is 2.00 bits per heavy atom. The monoisotopic (exact) mass is 313 g/mol. The van der Waals surface area contributed by atoms with Gasteiger partial charge in [0.2, 0.25) is 0 Å². The van der Waals surface area contributed by atoms with Crippen LogP contribution in [0.15, 0.2) is 41.2 Å². The molecule has 1 saturated heterocycles. The minimum absolute atomic E-state index is 0.317. The summed E-state index contributed by atoms with van der Waals surface area (Å²) in [6.07, 6.45) is 6.09. The van der Waals surface area contributed by atoms with Crippen LogP contribution in [-0.2, 0) is 10.3 Å². The zero-order chi connectivity index (χ0) is 16.4. The summed E-state index contributed by atoms with van der Waals surface area (Å²) < 4.78 is 5.63. The highest BCUT2D eigenvalue weighted by Crippen LogP contribution is 2.31. The molecule has 2 aliphatic rings. The van der Waals surface area contributed by atoms with Crippen LogP contribution < -0.4 is 10.6 Å². The second-order valence-electron chi connectivity index (χ2n) is 7.26. The molecule has 0 amide bonds. The lowest BCUT2D eigenvalue weighted by Crippen LogP contribution is -2.36. The second kappa shape index (κ2) is 6.46. The van der Waals surface area contributed by atoms with Crippen molar-refractivity contribution in [2.75, 3.05) is 18.1 Å². The first-order chi connectivity index (χ1) is 10.9. The third kappa shape index (κ3) is 3.65. The molecule has 124 valence electrons. The first-order valence-corrected chi connectivity index (χ1v) is 8.44. The number of rotatable bonds is 4. The Labute approximate surface area is 139 Å². The lowest BCUT2D eigenvalue weighted by Gasteiger charge is -2.34. The maximum absolute atomic E-state index is 6.20. The number of hydrogen-bond donors (Lipinski definition) is 1. The molecule has 2 unspecified atom stereocenters. The fraction of sp³-hybridized carbons (Fsp3) is 0.526. The number of ether oxygens (including phenoxy) is 1. The lowest BCUT2D eigenvalue weighted by atomic mass is 9.95. The Hall–Kier alpha value is -1.65. The average molecular weight is 313 g/mol. The Balaban J connectivity index is 1.92. The quantitative estimate of drug-likeness (QED) is 0.926. The number of benzene rings is 1. The van der Waals surface area contributed by atoms with E-state index in [1.165, 1.54) is 11.4 Å². The molecule has 0 bridgehead atoms. The van der Waals surface area contributed by atoms with Crippen molar-refractivity contribution in [3.8, 4) is 0 Å². The summed E-state index contributed by atoms with van der Waals surface area (Å²) in [6, 6.07) is 9.00. The minimum Gasteiger partial charge on any atom is -0.379 e. The number of hydrogen-bond acceptors (Lipinski definition) is 4. The fourth-order valence-corrected chi connectivity index (χ4v) is 3.26. The molecule has 0 aliphatic carbocycles. The molecule has 2 heterocycles. The average Bonchev–Trinajstić information content (AvgIpc) is 3.01. The van der Waals surface area contributed by atoms with Crippen molar-refractivity contribution in [3.63, 3.8) is 0 Å². The van der Waals surface area contributed by atoms with Gasteiger partial charge in [-0.25, -0.2) is 0 Å². The van der Waals surface area contributed by atoms with Gasteiger partial charge in [0.25, 0.3) is 0 Å². The molecular formula is C19H27N3O. The highest BCUT2D eigenvalue weighted by atomic mass is 16.5. The van der Waals surface area contributed by atoms with E-state index in [1.54, 1.807) is 0 Å². The number of allylic oxidation sites excluding steroid dienone is 1. The minimum atomic E-state index is -0.317. The van der Waals surface area contributed by atoms with Gasteiger partial charge in [-0.05, 0) is 50.3 Å². The van der Waals surface area contributed by atoms with Crippen molar-refractivity contribution in [2.24, 2.45) is 16.6 Å². The van der Waals surface area contributed by atoms with Crippen molar-refractivity contribution < 1.29 is 4.74 Å². The summed E-state index contributed by atoms with van der Waals surface area (Å²) in [5, 5.41) is 0. The molecule has 4 heteroatoms. The Bertz CT molecular complexity index is 592. The van der Waals surface area contributed by atoms with E-state index in [1.807, 2.05) is 26.3 Å². The highest BCUT2D eigenvalue weighted by molar-refractivity contribution is 5.65. The van der Waals surface area contributed by atoms with E-state index < -0.39 is 0 Å². The van der Waals surface area contributed by atoms with Crippen molar-refractivity contribution in [2.45, 2.75) is 45.2 Å². The summed E-state index contributed by atoms with van der Waals surface area (Å²) in [5.74, 6) is 0.474. The maximum Gasteiger partial charge on any atom is 0.0674 e. The Morgan fingerprint density at radius 3 is 2.57 bits per heavy atom. The molecule has 0 spiro atoms. The summed E-state index contributed by atoms with van der Waals surface area (Å²) in [4.78, 5) is 6.83. The molecule has 23 heavy (non-hydrogen) atoms. The van der Waals surface area contributed by atoms with Crippen molar-refractivity contribution >= 4 is 11.9 Å². The van der Waals surface area contributed by atoms with Gasteiger partial charge in [-0.2, -0.15) is 0 Å². The predicted molar refractivity (Wildman–Crippen MR) is 95.7 cm³/mol. The second-order valence-corrected chi connectivity index (χ2v) is 7.26. The van der Waals surface area contributed by atoms with Crippen LogP contribution in [0.1, 0.15) is 39.2 Å². The molecule has 3 rings (SSSR count). The number of nitrogens with zero attached hydrogens (tertiary/aromatic N) is 2. The van der Waals surface area contributed by atoms with E-state index in [-0.39, 0.29) is 5.54 Å². The van der Waals surface area contributed by atoms with Crippen LogP contribution in [-0.4, -0.2) is 25.5 Å². The van der Waals surface area contributed by atoms with Crippen LogP contribution in [0.2, 0.25) is 0 Å². The van der Waals surface area contributed by atoms with Gasteiger partial charge < -0.3 is 15.4 Å². The van der Waals surface area contributed by atoms with E-state index >= 15 is 0 Å². The van der Waals surface area contributed by atoms with E-state index in [0.717, 1.165) is 31.6 Å². The summed E-state index contributed by atoms with van der Waals surface area (Å²) >= 11 is 0. The zero-order valence-electron chi connectivity index (χ0n) is 14.3. The molecule has 1 fully saturated rings. The maximum atomic E-state index is 6.20. The topological polar surface area (TPSA) is 50.8 Å². The van der Waals surface area contributed by atoms with Crippen LogP contribution >= 0.6 is 0 Å². The highest BCUT2D eigenvalue weighted by Gasteiger charge is 2.28. The fourth-order valence-electron chi connectivity index (χ4n) is 3.26. The molecular weight excluding hydrogens is 286 g/mol. The Kier molecular flexibility index (Phi) is 4.55. The van der Waals surface area contributed by atoms with Gasteiger partial charge in [0.15, 0.2) is 0 Å². The van der Waals surface area contributed by atoms with Crippen LogP contribution in [0.5, 0.6) is 0 Å². The SMILES string of the molecule is CC1C=NC=C(N(c2ccc(C(C)(C)N)cc2)C2CCOC2)C1. The third-order valence-electron chi connectivity index (χ3n) is 4.56. The number of aliphatic imine (C=N–C) groups is 1. The summed E-state index contributed by atoms with van der Waals surface area (Å²) in [6.45, 7) is 7.88. The molecule has 1 aromatic rings. The number of nitrogens with two attached hydrogens (primary N) is 1. The van der Waals surface area contributed by atoms with E-state index in [4.69, 9.17) is 10.5 Å². The molecule has 2 atom stereocenters. The van der Waals surface area contributed by atoms with E-state index in [2.05, 4.69) is 41.1 Å². The zero-order valence-corrected chi connectivity index (χ0v) is 14.3. The molecule has 0 saturated carbocycles. The lowest BCUT2D eigenvalue weighted by molar-refractivity contribution is 0.193. The molecule has 4 nitrogen and oxygen atoms in total. The van der Waals surface area contributed by atoms with Gasteiger partial charge >= 0.3 is 0 Å². The smallest absolute Gasteiger partial charge is 0.0674 e. The first kappa shape index (κ1) is 16.2. The molecule has 2 aliphatic heterocycles. The van der Waals surface area contributed by atoms with Crippen LogP contribution in [0.25, 0.3) is 0 Å². The molecule has 2 N–H and O–H groups in total. The largest absolute Gasteiger partial charge is 0.379 e. The van der Waals surface area contributed by atoms with Gasteiger partial charge in [0, 0.05) is 35.9 Å². The molecule has 0 aromatic heterocycles. The van der Waals surface area contributed by atoms with Gasteiger partial charge in [-0.15, -0.1) is 0 Å². The van der Waals surface area contributed by atoms with Crippen molar-refractivity contribution in [1.29, 1.82) is 0 Å². The third-order valence-corrected chi connectivity index (χ3v) is 4.56. The van der Waals surface area contributed by atoms with Crippen molar-refractivity contribution in [3.05, 3.63) is 41.7 Å². The van der Waals surface area contributed by atoms with E-state index in [0.29, 0.717) is 12.0 Å². The summed E-state index contributed by atoms with van der Waals surface area (Å²) in [5.41, 5.74) is 9.50. The van der Waals surface area contributed by atoms with Crippen LogP contribution in [0.4, 0.5) is 5.69 Å². The van der Waals surface area contributed by atoms with Crippen LogP contribution in [0, 0.1) is 5.92 Å².